The van der Waals surface area contributed by atoms with Crippen molar-refractivity contribution in [1.29, 1.82) is 0 Å². The number of rotatable bonds is 4. The minimum Gasteiger partial charge on any atom is -0.367 e. The normalized spacial score (nSPS) is 28.2. The first-order valence-electron chi connectivity index (χ1n) is 7.55. The Morgan fingerprint density at radius 2 is 2.00 bits per heavy atom. The highest BCUT2D eigenvalue weighted by molar-refractivity contribution is 7.09. The molecule has 0 aromatic carbocycles. The summed E-state index contributed by atoms with van der Waals surface area (Å²) in [5, 5.41) is 7.06. The van der Waals surface area contributed by atoms with Gasteiger partial charge in [-0.3, -0.25) is 0 Å². The predicted molar refractivity (Wildman–Crippen MR) is 85.4 cm³/mol. The van der Waals surface area contributed by atoms with Crippen LogP contribution in [0, 0.1) is 0 Å². The monoisotopic (exact) mass is 296 g/mol. The Balaban J connectivity index is 2.49. The second-order valence-corrected chi connectivity index (χ2v) is 8.07. The van der Waals surface area contributed by atoms with Gasteiger partial charge in [0.2, 0.25) is 0 Å². The van der Waals surface area contributed by atoms with E-state index in [1.807, 2.05) is 0 Å². The van der Waals surface area contributed by atoms with Crippen molar-refractivity contribution in [3.63, 3.8) is 0 Å². The van der Waals surface area contributed by atoms with Crippen molar-refractivity contribution in [1.82, 2.24) is 10.3 Å². The fourth-order valence-electron chi connectivity index (χ4n) is 3.40. The number of nitrogens with one attached hydrogen (secondary N) is 1. The molecule has 1 aliphatic heterocycles. The van der Waals surface area contributed by atoms with Crippen LogP contribution in [0.3, 0.4) is 0 Å². The summed E-state index contributed by atoms with van der Waals surface area (Å²) in [6.07, 6.45) is 0.950. The van der Waals surface area contributed by atoms with Crippen molar-refractivity contribution in [3.8, 4) is 0 Å². The van der Waals surface area contributed by atoms with Crippen LogP contribution in [-0.4, -0.2) is 22.7 Å². The van der Waals surface area contributed by atoms with Crippen molar-refractivity contribution in [3.05, 3.63) is 16.1 Å². The average Bonchev–Trinajstić information content (AvgIpc) is 2.80. The summed E-state index contributed by atoms with van der Waals surface area (Å²) in [6.45, 7) is 16.2. The van der Waals surface area contributed by atoms with E-state index < -0.39 is 0 Å². The topological polar surface area (TPSA) is 34.2 Å². The molecule has 1 unspecified atom stereocenters. The number of hydrogen-bond acceptors (Lipinski definition) is 4. The molecule has 1 fully saturated rings. The summed E-state index contributed by atoms with van der Waals surface area (Å²) < 4.78 is 6.33. The van der Waals surface area contributed by atoms with Gasteiger partial charge >= 0.3 is 0 Å². The zero-order valence-electron chi connectivity index (χ0n) is 13.8. The van der Waals surface area contributed by atoms with Gasteiger partial charge in [-0.2, -0.15) is 0 Å². The first kappa shape index (κ1) is 15.9. The van der Waals surface area contributed by atoms with Crippen LogP contribution in [0.1, 0.15) is 71.5 Å². The molecule has 0 amide bonds. The Morgan fingerprint density at radius 3 is 2.40 bits per heavy atom. The van der Waals surface area contributed by atoms with Gasteiger partial charge in [0.05, 0.1) is 16.9 Å². The van der Waals surface area contributed by atoms with Gasteiger partial charge in [-0.1, -0.05) is 20.8 Å². The Morgan fingerprint density at radius 1 is 1.35 bits per heavy atom. The summed E-state index contributed by atoms with van der Waals surface area (Å²) in [4.78, 5) is 4.92. The van der Waals surface area contributed by atoms with Crippen molar-refractivity contribution < 1.29 is 4.74 Å². The van der Waals surface area contributed by atoms with E-state index in [1.165, 1.54) is 10.7 Å². The minimum absolute atomic E-state index is 0.130. The molecule has 0 saturated carbocycles. The van der Waals surface area contributed by atoms with Gasteiger partial charge in [-0.05, 0) is 40.2 Å². The molecule has 20 heavy (non-hydrogen) atoms. The van der Waals surface area contributed by atoms with Crippen molar-refractivity contribution in [2.75, 3.05) is 6.54 Å². The van der Waals surface area contributed by atoms with Crippen LogP contribution in [-0.2, 0) is 10.3 Å². The van der Waals surface area contributed by atoms with E-state index in [0.717, 1.165) is 13.0 Å². The number of thiazole rings is 1. The molecule has 3 nitrogen and oxygen atoms in total. The van der Waals surface area contributed by atoms with E-state index in [0.29, 0.717) is 5.92 Å². The van der Waals surface area contributed by atoms with E-state index in [4.69, 9.17) is 9.72 Å². The Hall–Kier alpha value is -0.450. The molecule has 0 bridgehead atoms. The fraction of sp³-hybridized carbons (Fsp3) is 0.812. The maximum Gasteiger partial charge on any atom is 0.116 e. The van der Waals surface area contributed by atoms with Gasteiger partial charge in [-0.15, -0.1) is 11.3 Å². The number of aromatic nitrogens is 1. The predicted octanol–water partition coefficient (Wildman–Crippen LogP) is 4.05. The molecule has 0 spiro atoms. The van der Waals surface area contributed by atoms with Crippen LogP contribution in [0.25, 0.3) is 0 Å². The van der Waals surface area contributed by atoms with Gasteiger partial charge in [0, 0.05) is 11.8 Å². The van der Waals surface area contributed by atoms with Crippen molar-refractivity contribution >= 4 is 11.3 Å². The summed E-state index contributed by atoms with van der Waals surface area (Å²) in [5.41, 5.74) is 0.597. The first-order chi connectivity index (χ1) is 9.13. The molecule has 1 aromatic rings. The Bertz CT molecular complexity index is 479. The quantitative estimate of drug-likeness (QED) is 0.910. The first-order valence-corrected chi connectivity index (χ1v) is 8.42. The lowest BCUT2D eigenvalue weighted by Gasteiger charge is -2.39. The van der Waals surface area contributed by atoms with Crippen LogP contribution in [0.5, 0.6) is 0 Å². The van der Waals surface area contributed by atoms with E-state index in [9.17, 15) is 0 Å². The number of ether oxygens (including phenoxy) is 1. The minimum atomic E-state index is -0.265. The molecule has 1 aromatic heterocycles. The maximum absolute atomic E-state index is 6.33. The third kappa shape index (κ3) is 2.53. The number of nitrogens with zero attached hydrogens (tertiary/aromatic N) is 1. The third-order valence-corrected chi connectivity index (χ3v) is 5.23. The van der Waals surface area contributed by atoms with Gasteiger partial charge in [-0.25, -0.2) is 4.98 Å². The van der Waals surface area contributed by atoms with Crippen LogP contribution in [0.4, 0.5) is 0 Å². The Labute approximate surface area is 127 Å². The molecule has 114 valence electrons. The highest BCUT2D eigenvalue weighted by atomic mass is 32.1. The number of hydrogen-bond donors (Lipinski definition) is 1. The molecule has 1 aliphatic rings. The molecule has 0 aliphatic carbocycles. The zero-order chi connectivity index (χ0) is 15.2. The van der Waals surface area contributed by atoms with E-state index >= 15 is 0 Å². The van der Waals surface area contributed by atoms with Crippen LogP contribution in [0.15, 0.2) is 5.38 Å². The highest BCUT2D eigenvalue weighted by Crippen LogP contribution is 2.51. The molecule has 2 rings (SSSR count). The van der Waals surface area contributed by atoms with Crippen molar-refractivity contribution in [2.24, 2.45) is 0 Å². The van der Waals surface area contributed by atoms with Crippen LogP contribution >= 0.6 is 11.3 Å². The molecule has 2 heterocycles. The zero-order valence-corrected chi connectivity index (χ0v) is 14.6. The second kappa shape index (κ2) is 5.08. The largest absolute Gasteiger partial charge is 0.367 e. The van der Waals surface area contributed by atoms with Gasteiger partial charge in [0.15, 0.2) is 0 Å². The SMILES string of the molecule is CCNC1(c2nc(C(C)C)cs2)CC(C)(C)OC1(C)C. The molecule has 0 radical (unpaired) electrons. The van der Waals surface area contributed by atoms with Gasteiger partial charge in [0.1, 0.15) is 10.5 Å². The highest BCUT2D eigenvalue weighted by Gasteiger charge is 2.59. The van der Waals surface area contributed by atoms with E-state index in [-0.39, 0.29) is 16.7 Å². The standard InChI is InChI=1S/C16H28N2OS/c1-8-17-16(10-14(4,5)19-15(16,6)7)13-18-12(9-20-13)11(2)3/h9,11,17H,8,10H2,1-7H3. The summed E-state index contributed by atoms with van der Waals surface area (Å²) in [7, 11) is 0. The molecule has 1 atom stereocenters. The van der Waals surface area contributed by atoms with Crippen molar-refractivity contribution in [2.45, 2.75) is 77.5 Å². The summed E-state index contributed by atoms with van der Waals surface area (Å²) in [5.74, 6) is 0.470. The van der Waals surface area contributed by atoms with Gasteiger partial charge in [0.25, 0.3) is 0 Å². The smallest absolute Gasteiger partial charge is 0.116 e. The van der Waals surface area contributed by atoms with E-state index in [2.05, 4.69) is 59.2 Å². The lowest BCUT2D eigenvalue weighted by molar-refractivity contribution is -0.0842. The molecule has 1 N–H and O–H groups in total. The van der Waals surface area contributed by atoms with Gasteiger partial charge < -0.3 is 10.1 Å². The van der Waals surface area contributed by atoms with E-state index in [1.54, 1.807) is 11.3 Å². The summed E-state index contributed by atoms with van der Waals surface area (Å²) in [6, 6.07) is 0. The molecular formula is C16H28N2OS. The molecule has 1 saturated heterocycles. The summed E-state index contributed by atoms with van der Waals surface area (Å²) >= 11 is 1.76. The van der Waals surface area contributed by atoms with Crippen LogP contribution < -0.4 is 5.32 Å². The molecule has 4 heteroatoms. The Kier molecular flexibility index (Phi) is 4.04. The number of likely N-dealkylation sites (N-methyl/N-ethyl adjacent to an activating group) is 1. The maximum atomic E-state index is 6.33. The fourth-order valence-corrected chi connectivity index (χ4v) is 4.71. The second-order valence-electron chi connectivity index (χ2n) is 7.22. The van der Waals surface area contributed by atoms with Crippen LogP contribution in [0.2, 0.25) is 0 Å². The molecular weight excluding hydrogens is 268 g/mol. The lowest BCUT2D eigenvalue weighted by Crippen LogP contribution is -2.54. The lowest BCUT2D eigenvalue weighted by atomic mass is 9.79. The third-order valence-electron chi connectivity index (χ3n) is 4.21. The average molecular weight is 296 g/mol.